The molecule has 1 aliphatic rings. The SMILES string of the molecule is c1ccc(-c2ccc(-c3c4ccccc4c(-c4ccc(-c5ccc6c(c5)-c5ccccc5-c5ccccc5-c5ccccc5-6)cc4)c4ccccc34)cc2)cc1. The lowest BCUT2D eigenvalue weighted by atomic mass is 9.80. The summed E-state index contributed by atoms with van der Waals surface area (Å²) >= 11 is 0. The van der Waals surface area contributed by atoms with Gasteiger partial charge in [0.25, 0.3) is 0 Å². The lowest BCUT2D eigenvalue weighted by molar-refractivity contribution is 1.51. The molecular weight excluding hydrogens is 673 g/mol. The van der Waals surface area contributed by atoms with Gasteiger partial charge < -0.3 is 0 Å². The van der Waals surface area contributed by atoms with Gasteiger partial charge in [-0.15, -0.1) is 0 Å². The Bertz CT molecular complexity index is 3030. The molecule has 10 aromatic carbocycles. The standard InChI is InChI=1S/C56H36/c1-2-14-37(15-3-1)38-26-30-40(31-27-38)55-50-22-10-12-24-52(50)56(53-25-13-11-23-51(53)55)41-32-28-39(29-33-41)42-34-35-49-47-20-7-6-18-45(47)43-16-4-5-17-44(43)46-19-8-9-21-48(46)54(49)36-42/h1-36H. The summed E-state index contributed by atoms with van der Waals surface area (Å²) in [5, 5.41) is 5.05. The van der Waals surface area contributed by atoms with Gasteiger partial charge >= 0.3 is 0 Å². The molecule has 56 heavy (non-hydrogen) atoms. The summed E-state index contributed by atoms with van der Waals surface area (Å²) in [4.78, 5) is 0. The minimum absolute atomic E-state index is 1.20. The zero-order valence-corrected chi connectivity index (χ0v) is 30.8. The Morgan fingerprint density at radius 2 is 0.429 bits per heavy atom. The molecule has 0 heterocycles. The van der Waals surface area contributed by atoms with E-state index in [1.807, 2.05) is 0 Å². The zero-order valence-electron chi connectivity index (χ0n) is 30.8. The van der Waals surface area contributed by atoms with Crippen molar-refractivity contribution in [3.63, 3.8) is 0 Å². The third kappa shape index (κ3) is 5.22. The van der Waals surface area contributed by atoms with E-state index in [4.69, 9.17) is 0 Å². The highest BCUT2D eigenvalue weighted by Gasteiger charge is 2.22. The number of fused-ring (bicyclic) bond motifs is 10. The van der Waals surface area contributed by atoms with Crippen molar-refractivity contribution in [1.82, 2.24) is 0 Å². The normalized spacial score (nSPS) is 11.6. The largest absolute Gasteiger partial charge is 0.0622 e. The van der Waals surface area contributed by atoms with E-state index in [2.05, 4.69) is 218 Å². The van der Waals surface area contributed by atoms with Gasteiger partial charge in [-0.05, 0) is 117 Å². The van der Waals surface area contributed by atoms with Crippen LogP contribution in [0.3, 0.4) is 0 Å². The molecule has 0 heteroatoms. The van der Waals surface area contributed by atoms with Crippen molar-refractivity contribution in [2.45, 2.75) is 0 Å². The highest BCUT2D eigenvalue weighted by Crippen LogP contribution is 2.49. The smallest absolute Gasteiger partial charge is 0.00264 e. The lowest BCUT2D eigenvalue weighted by Gasteiger charge is -2.23. The summed E-state index contributed by atoms with van der Waals surface area (Å²) in [6.07, 6.45) is 0. The molecule has 0 amide bonds. The fourth-order valence-corrected chi connectivity index (χ4v) is 9.08. The average Bonchev–Trinajstić information content (AvgIpc) is 3.28. The topological polar surface area (TPSA) is 0 Å². The second-order valence-electron chi connectivity index (χ2n) is 14.8. The number of rotatable bonds is 4. The van der Waals surface area contributed by atoms with E-state index in [0.717, 1.165) is 0 Å². The first-order valence-corrected chi connectivity index (χ1v) is 19.4. The zero-order chi connectivity index (χ0) is 37.0. The first-order chi connectivity index (χ1) is 27.8. The summed E-state index contributed by atoms with van der Waals surface area (Å²) in [5.74, 6) is 0. The second-order valence-corrected chi connectivity index (χ2v) is 14.8. The van der Waals surface area contributed by atoms with E-state index in [-0.39, 0.29) is 0 Å². The average molecular weight is 709 g/mol. The van der Waals surface area contributed by atoms with E-state index in [0.29, 0.717) is 0 Å². The number of hydrogen-bond donors (Lipinski definition) is 0. The number of benzene rings is 10. The van der Waals surface area contributed by atoms with Crippen LogP contribution in [0.15, 0.2) is 218 Å². The summed E-state index contributed by atoms with van der Waals surface area (Å²) < 4.78 is 0. The first kappa shape index (κ1) is 32.2. The van der Waals surface area contributed by atoms with E-state index in [1.165, 1.54) is 111 Å². The minimum Gasteiger partial charge on any atom is -0.0622 e. The van der Waals surface area contributed by atoms with Crippen molar-refractivity contribution >= 4 is 21.5 Å². The van der Waals surface area contributed by atoms with Crippen LogP contribution in [0.4, 0.5) is 0 Å². The lowest BCUT2D eigenvalue weighted by Crippen LogP contribution is -1.97. The molecule has 1 aliphatic carbocycles. The summed E-state index contributed by atoms with van der Waals surface area (Å²) in [6.45, 7) is 0. The third-order valence-corrected chi connectivity index (χ3v) is 11.7. The van der Waals surface area contributed by atoms with Gasteiger partial charge in [0.15, 0.2) is 0 Å². The molecule has 0 atom stereocenters. The van der Waals surface area contributed by atoms with Gasteiger partial charge in [0.05, 0.1) is 0 Å². The maximum atomic E-state index is 2.40. The van der Waals surface area contributed by atoms with Crippen LogP contribution in [0.2, 0.25) is 0 Å². The molecule has 0 aromatic heterocycles. The molecule has 0 saturated carbocycles. The second kappa shape index (κ2) is 13.2. The molecule has 0 aliphatic heterocycles. The summed E-state index contributed by atoms with van der Waals surface area (Å²) in [5.41, 5.74) is 20.0. The van der Waals surface area contributed by atoms with Gasteiger partial charge in [0.2, 0.25) is 0 Å². The molecule has 0 N–H and O–H groups in total. The van der Waals surface area contributed by atoms with E-state index >= 15 is 0 Å². The fraction of sp³-hybridized carbons (Fsp3) is 0. The van der Waals surface area contributed by atoms with E-state index < -0.39 is 0 Å². The maximum absolute atomic E-state index is 2.40. The van der Waals surface area contributed by atoms with Crippen molar-refractivity contribution in [2.75, 3.05) is 0 Å². The predicted octanol–water partition coefficient (Wildman–Crippen LogP) is 15.6. The summed E-state index contributed by atoms with van der Waals surface area (Å²) in [6, 6.07) is 80.3. The van der Waals surface area contributed by atoms with Crippen LogP contribution in [0, 0.1) is 0 Å². The van der Waals surface area contributed by atoms with E-state index in [9.17, 15) is 0 Å². The Morgan fingerprint density at radius 1 is 0.161 bits per heavy atom. The van der Waals surface area contributed by atoms with Crippen molar-refractivity contribution in [1.29, 1.82) is 0 Å². The van der Waals surface area contributed by atoms with Gasteiger partial charge in [-0.25, -0.2) is 0 Å². The third-order valence-electron chi connectivity index (χ3n) is 11.7. The first-order valence-electron chi connectivity index (χ1n) is 19.4. The van der Waals surface area contributed by atoms with Crippen LogP contribution in [0.1, 0.15) is 0 Å². The van der Waals surface area contributed by atoms with Gasteiger partial charge in [-0.2, -0.15) is 0 Å². The molecule has 260 valence electrons. The molecule has 0 nitrogen and oxygen atoms in total. The Balaban J connectivity index is 1.04. The van der Waals surface area contributed by atoms with Crippen LogP contribution in [0.25, 0.3) is 111 Å². The minimum atomic E-state index is 1.20. The molecular formula is C56H36. The molecule has 0 saturated heterocycles. The Kier molecular flexibility index (Phi) is 7.60. The van der Waals surface area contributed by atoms with Crippen molar-refractivity contribution < 1.29 is 0 Å². The predicted molar refractivity (Wildman–Crippen MR) is 238 cm³/mol. The van der Waals surface area contributed by atoms with E-state index in [1.54, 1.807) is 0 Å². The van der Waals surface area contributed by atoms with Crippen LogP contribution in [-0.4, -0.2) is 0 Å². The molecule has 0 bridgehead atoms. The molecule has 0 radical (unpaired) electrons. The van der Waals surface area contributed by atoms with Gasteiger partial charge in [0, 0.05) is 0 Å². The maximum Gasteiger partial charge on any atom is -0.00264 e. The fourth-order valence-electron chi connectivity index (χ4n) is 9.08. The number of hydrogen-bond acceptors (Lipinski definition) is 0. The van der Waals surface area contributed by atoms with Crippen molar-refractivity contribution in [2.24, 2.45) is 0 Å². The quantitative estimate of drug-likeness (QED) is 0.160. The van der Waals surface area contributed by atoms with Crippen molar-refractivity contribution in [3.8, 4) is 89.0 Å². The Morgan fingerprint density at radius 3 is 0.839 bits per heavy atom. The van der Waals surface area contributed by atoms with Crippen LogP contribution < -0.4 is 0 Å². The highest BCUT2D eigenvalue weighted by molar-refractivity contribution is 6.21. The Labute approximate surface area is 327 Å². The van der Waals surface area contributed by atoms with Crippen LogP contribution in [-0.2, 0) is 0 Å². The van der Waals surface area contributed by atoms with Gasteiger partial charge in [0.1, 0.15) is 0 Å². The van der Waals surface area contributed by atoms with Crippen molar-refractivity contribution in [3.05, 3.63) is 218 Å². The molecule has 11 rings (SSSR count). The van der Waals surface area contributed by atoms with Gasteiger partial charge in [-0.1, -0.05) is 212 Å². The molecule has 0 fully saturated rings. The Hall–Kier alpha value is -7.28. The van der Waals surface area contributed by atoms with Crippen LogP contribution in [0.5, 0.6) is 0 Å². The molecule has 0 spiro atoms. The monoisotopic (exact) mass is 708 g/mol. The summed E-state index contributed by atoms with van der Waals surface area (Å²) in [7, 11) is 0. The van der Waals surface area contributed by atoms with Gasteiger partial charge in [-0.3, -0.25) is 0 Å². The highest BCUT2D eigenvalue weighted by atomic mass is 14.3. The molecule has 10 aromatic rings. The van der Waals surface area contributed by atoms with Crippen LogP contribution >= 0.6 is 0 Å². The molecule has 0 unspecified atom stereocenters.